The summed E-state index contributed by atoms with van der Waals surface area (Å²) in [5.74, 6) is 2.03. The first-order valence-corrected chi connectivity index (χ1v) is 6.78. The molecule has 0 saturated heterocycles. The molecule has 1 unspecified atom stereocenters. The van der Waals surface area contributed by atoms with E-state index in [1.165, 1.54) is 0 Å². The van der Waals surface area contributed by atoms with Gasteiger partial charge in [-0.25, -0.2) is 4.98 Å². The van der Waals surface area contributed by atoms with Crippen molar-refractivity contribution in [1.82, 2.24) is 19.7 Å². The summed E-state index contributed by atoms with van der Waals surface area (Å²) in [4.78, 5) is 4.37. The highest BCUT2D eigenvalue weighted by Crippen LogP contribution is 2.29. The largest absolute Gasteiger partial charge is 0.421 e. The number of aromatic nitrogens is 4. The topological polar surface area (TPSA) is 68.8 Å². The van der Waals surface area contributed by atoms with Crippen molar-refractivity contribution in [3.63, 3.8) is 0 Å². The fourth-order valence-corrected chi connectivity index (χ4v) is 2.29. The molecule has 1 atom stereocenters. The molecule has 2 aromatic heterocycles. The van der Waals surface area contributed by atoms with Gasteiger partial charge in [-0.2, -0.15) is 0 Å². The molecule has 0 spiro atoms. The lowest BCUT2D eigenvalue weighted by atomic mass is 10.1. The number of hydrogen-bond acceptors (Lipinski definition) is 5. The van der Waals surface area contributed by atoms with Crippen molar-refractivity contribution in [3.8, 4) is 11.5 Å². The lowest BCUT2D eigenvalue weighted by molar-refractivity contribution is 0.533. The fourth-order valence-electron chi connectivity index (χ4n) is 2.29. The van der Waals surface area contributed by atoms with Crippen LogP contribution in [-0.4, -0.2) is 19.7 Å². The average Bonchev–Trinajstić information content (AvgIpc) is 3.08. The molecule has 0 aliphatic carbocycles. The number of anilines is 1. The Balaban J connectivity index is 1.91. The van der Waals surface area contributed by atoms with Crippen LogP contribution in [0.1, 0.15) is 24.7 Å². The molecule has 1 aromatic carbocycles. The molecule has 21 heavy (non-hydrogen) atoms. The van der Waals surface area contributed by atoms with Crippen molar-refractivity contribution in [2.24, 2.45) is 7.05 Å². The van der Waals surface area contributed by atoms with E-state index in [1.54, 1.807) is 13.1 Å². The van der Waals surface area contributed by atoms with E-state index in [2.05, 4.69) is 27.4 Å². The van der Waals surface area contributed by atoms with Gasteiger partial charge in [-0.1, -0.05) is 12.1 Å². The number of nitrogens with zero attached hydrogens (tertiary/aromatic N) is 4. The maximum atomic E-state index is 5.52. The molecular weight excluding hydrogens is 266 g/mol. The number of imidazole rings is 1. The van der Waals surface area contributed by atoms with Crippen LogP contribution in [-0.2, 0) is 7.05 Å². The quantitative estimate of drug-likeness (QED) is 0.797. The van der Waals surface area contributed by atoms with Crippen molar-refractivity contribution < 1.29 is 4.42 Å². The standard InChI is InChI=1S/C15H17N5O/c1-10(14-16-8-9-20(14)3)17-13-7-5-4-6-12(13)15-19-18-11(2)21-15/h4-10,17H,1-3H3. The Bertz CT molecular complexity index is 746. The van der Waals surface area contributed by atoms with Crippen LogP contribution in [0, 0.1) is 6.92 Å². The number of para-hydroxylation sites is 1. The Labute approximate surface area is 122 Å². The van der Waals surface area contributed by atoms with Crippen LogP contribution in [0.25, 0.3) is 11.5 Å². The fraction of sp³-hybridized carbons (Fsp3) is 0.267. The summed E-state index contributed by atoms with van der Waals surface area (Å²) in [6, 6.07) is 7.94. The van der Waals surface area contributed by atoms with E-state index in [4.69, 9.17) is 4.42 Å². The van der Waals surface area contributed by atoms with Gasteiger partial charge in [0.05, 0.1) is 11.6 Å². The van der Waals surface area contributed by atoms with Crippen molar-refractivity contribution in [2.45, 2.75) is 19.9 Å². The minimum absolute atomic E-state index is 0.0650. The van der Waals surface area contributed by atoms with Crippen molar-refractivity contribution in [2.75, 3.05) is 5.32 Å². The van der Waals surface area contributed by atoms with Gasteiger partial charge in [0.2, 0.25) is 11.8 Å². The van der Waals surface area contributed by atoms with E-state index >= 15 is 0 Å². The van der Waals surface area contributed by atoms with Gasteiger partial charge in [-0.05, 0) is 19.1 Å². The molecule has 6 heteroatoms. The molecule has 3 aromatic rings. The molecule has 0 amide bonds. The van der Waals surface area contributed by atoms with Gasteiger partial charge in [0.15, 0.2) is 0 Å². The molecule has 108 valence electrons. The molecular formula is C15H17N5O. The van der Waals surface area contributed by atoms with Gasteiger partial charge in [0, 0.05) is 32.1 Å². The first-order chi connectivity index (χ1) is 10.1. The third-order valence-electron chi connectivity index (χ3n) is 3.30. The highest BCUT2D eigenvalue weighted by Gasteiger charge is 2.15. The van der Waals surface area contributed by atoms with Crippen LogP contribution in [0.3, 0.4) is 0 Å². The summed E-state index contributed by atoms with van der Waals surface area (Å²) >= 11 is 0. The Morgan fingerprint density at radius 2 is 2.05 bits per heavy atom. The lowest BCUT2D eigenvalue weighted by Crippen LogP contribution is -2.12. The maximum absolute atomic E-state index is 5.52. The van der Waals surface area contributed by atoms with Crippen LogP contribution in [0.2, 0.25) is 0 Å². The van der Waals surface area contributed by atoms with Crippen LogP contribution >= 0.6 is 0 Å². The molecule has 3 rings (SSSR count). The van der Waals surface area contributed by atoms with Crippen LogP contribution < -0.4 is 5.32 Å². The van der Waals surface area contributed by atoms with Crippen LogP contribution in [0.5, 0.6) is 0 Å². The molecule has 0 radical (unpaired) electrons. The van der Waals surface area contributed by atoms with E-state index in [0.29, 0.717) is 11.8 Å². The SMILES string of the molecule is Cc1nnc(-c2ccccc2NC(C)c2nccn2C)o1. The molecule has 1 N–H and O–H groups in total. The smallest absolute Gasteiger partial charge is 0.249 e. The maximum Gasteiger partial charge on any atom is 0.249 e. The molecule has 0 fully saturated rings. The summed E-state index contributed by atoms with van der Waals surface area (Å²) in [5, 5.41) is 11.4. The summed E-state index contributed by atoms with van der Waals surface area (Å²) in [7, 11) is 1.98. The highest BCUT2D eigenvalue weighted by atomic mass is 16.4. The van der Waals surface area contributed by atoms with Gasteiger partial charge in [0.25, 0.3) is 0 Å². The van der Waals surface area contributed by atoms with Crippen molar-refractivity contribution in [3.05, 3.63) is 48.4 Å². The third-order valence-corrected chi connectivity index (χ3v) is 3.30. The van der Waals surface area contributed by atoms with Gasteiger partial charge in [-0.3, -0.25) is 0 Å². The van der Waals surface area contributed by atoms with E-state index in [0.717, 1.165) is 17.1 Å². The number of nitrogens with one attached hydrogen (secondary N) is 1. The average molecular weight is 283 g/mol. The van der Waals surface area contributed by atoms with Gasteiger partial charge < -0.3 is 14.3 Å². The first-order valence-electron chi connectivity index (χ1n) is 6.78. The van der Waals surface area contributed by atoms with Crippen LogP contribution in [0.4, 0.5) is 5.69 Å². The van der Waals surface area contributed by atoms with Gasteiger partial charge in [0.1, 0.15) is 5.82 Å². The zero-order chi connectivity index (χ0) is 14.8. The second kappa shape index (κ2) is 5.40. The predicted octanol–water partition coefficient (Wildman–Crippen LogP) is 2.95. The predicted molar refractivity (Wildman–Crippen MR) is 79.7 cm³/mol. The Morgan fingerprint density at radius 3 is 2.71 bits per heavy atom. The van der Waals surface area contributed by atoms with E-state index in [-0.39, 0.29) is 6.04 Å². The van der Waals surface area contributed by atoms with E-state index < -0.39 is 0 Å². The van der Waals surface area contributed by atoms with Crippen molar-refractivity contribution in [1.29, 1.82) is 0 Å². The zero-order valence-corrected chi connectivity index (χ0v) is 12.2. The summed E-state index contributed by atoms with van der Waals surface area (Å²) in [5.41, 5.74) is 1.83. The highest BCUT2D eigenvalue weighted by molar-refractivity contribution is 5.72. The minimum atomic E-state index is 0.0650. The summed E-state index contributed by atoms with van der Waals surface area (Å²) in [6.07, 6.45) is 3.72. The second-order valence-electron chi connectivity index (χ2n) is 4.93. The summed E-state index contributed by atoms with van der Waals surface area (Å²) < 4.78 is 7.52. The molecule has 2 heterocycles. The normalized spacial score (nSPS) is 12.3. The summed E-state index contributed by atoms with van der Waals surface area (Å²) in [6.45, 7) is 3.85. The first kappa shape index (κ1) is 13.4. The third kappa shape index (κ3) is 2.65. The van der Waals surface area contributed by atoms with E-state index in [9.17, 15) is 0 Å². The van der Waals surface area contributed by atoms with Crippen molar-refractivity contribution >= 4 is 5.69 Å². The van der Waals surface area contributed by atoms with Gasteiger partial charge >= 0.3 is 0 Å². The molecule has 0 saturated carbocycles. The number of rotatable bonds is 4. The van der Waals surface area contributed by atoms with Crippen LogP contribution in [0.15, 0.2) is 41.1 Å². The van der Waals surface area contributed by atoms with E-state index in [1.807, 2.05) is 42.1 Å². The second-order valence-corrected chi connectivity index (χ2v) is 4.93. The number of hydrogen-bond donors (Lipinski definition) is 1. The Kier molecular flexibility index (Phi) is 3.43. The monoisotopic (exact) mass is 283 g/mol. The molecule has 0 aliphatic rings. The number of benzene rings is 1. The molecule has 0 bridgehead atoms. The Hall–Kier alpha value is -2.63. The number of aryl methyl sites for hydroxylation is 2. The molecule has 6 nitrogen and oxygen atoms in total. The van der Waals surface area contributed by atoms with Gasteiger partial charge in [-0.15, -0.1) is 10.2 Å². The molecule has 0 aliphatic heterocycles. The lowest BCUT2D eigenvalue weighted by Gasteiger charge is -2.16. The Morgan fingerprint density at radius 1 is 1.24 bits per heavy atom. The minimum Gasteiger partial charge on any atom is -0.421 e. The zero-order valence-electron chi connectivity index (χ0n) is 12.2.